The zero-order valence-corrected chi connectivity index (χ0v) is 13.0. The molecule has 0 fully saturated rings. The van der Waals surface area contributed by atoms with Gasteiger partial charge in [-0.25, -0.2) is 4.68 Å². The van der Waals surface area contributed by atoms with Crippen LogP contribution >= 0.6 is 23.4 Å². The summed E-state index contributed by atoms with van der Waals surface area (Å²) in [5.74, 6) is 1.20. The van der Waals surface area contributed by atoms with Crippen LogP contribution in [0.25, 0.3) is 0 Å². The van der Waals surface area contributed by atoms with Crippen molar-refractivity contribution in [1.82, 2.24) is 20.2 Å². The first-order valence-corrected chi connectivity index (χ1v) is 7.93. The van der Waals surface area contributed by atoms with E-state index < -0.39 is 6.10 Å². The molecule has 0 saturated carbocycles. The van der Waals surface area contributed by atoms with E-state index in [1.54, 1.807) is 23.1 Å². The molecule has 0 saturated heterocycles. The first-order chi connectivity index (χ1) is 10.7. The second kappa shape index (κ2) is 6.95. The van der Waals surface area contributed by atoms with Crippen molar-refractivity contribution in [3.8, 4) is 0 Å². The average Bonchev–Trinajstić information content (AvgIpc) is 3.17. The summed E-state index contributed by atoms with van der Waals surface area (Å²) in [5.41, 5.74) is 0.769. The highest BCUT2D eigenvalue weighted by molar-refractivity contribution is 7.99. The van der Waals surface area contributed by atoms with Crippen LogP contribution in [0.1, 0.15) is 17.4 Å². The number of aliphatic hydroxyl groups excluding tert-OH is 1. The summed E-state index contributed by atoms with van der Waals surface area (Å²) >= 11 is 7.31. The molecule has 0 radical (unpaired) electrons. The Morgan fingerprint density at radius 3 is 3.00 bits per heavy atom. The summed E-state index contributed by atoms with van der Waals surface area (Å²) in [6, 6.07) is 10.8. The van der Waals surface area contributed by atoms with Crippen LogP contribution in [0.4, 0.5) is 0 Å². The maximum absolute atomic E-state index is 10.2. The van der Waals surface area contributed by atoms with Crippen molar-refractivity contribution in [2.24, 2.45) is 0 Å². The minimum Gasteiger partial charge on any atom is -0.467 e. The summed E-state index contributed by atoms with van der Waals surface area (Å²) in [6.07, 6.45) is 0.965. The molecule has 2 heterocycles. The van der Waals surface area contributed by atoms with Crippen LogP contribution in [0.5, 0.6) is 0 Å². The molecule has 0 bridgehead atoms. The molecule has 1 atom stereocenters. The topological polar surface area (TPSA) is 77.0 Å². The number of benzene rings is 1. The second-order valence-electron chi connectivity index (χ2n) is 4.58. The van der Waals surface area contributed by atoms with Gasteiger partial charge in [0, 0.05) is 10.8 Å². The normalized spacial score (nSPS) is 12.5. The third kappa shape index (κ3) is 3.68. The lowest BCUT2D eigenvalue weighted by Crippen LogP contribution is -2.05. The van der Waals surface area contributed by atoms with Crippen LogP contribution in [0.2, 0.25) is 5.02 Å². The molecule has 0 aliphatic rings. The Morgan fingerprint density at radius 2 is 2.23 bits per heavy atom. The SMILES string of the molecule is OC(CSc1nnnn1Cc1ccco1)c1cccc(Cl)c1. The second-order valence-corrected chi connectivity index (χ2v) is 6.00. The maximum Gasteiger partial charge on any atom is 0.209 e. The van der Waals surface area contributed by atoms with Gasteiger partial charge in [0.25, 0.3) is 0 Å². The van der Waals surface area contributed by atoms with Gasteiger partial charge < -0.3 is 9.52 Å². The molecule has 1 unspecified atom stereocenters. The molecule has 3 rings (SSSR count). The smallest absolute Gasteiger partial charge is 0.209 e. The highest BCUT2D eigenvalue weighted by Crippen LogP contribution is 2.24. The van der Waals surface area contributed by atoms with Crippen LogP contribution < -0.4 is 0 Å². The molecule has 22 heavy (non-hydrogen) atoms. The molecule has 8 heteroatoms. The number of hydrogen-bond donors (Lipinski definition) is 1. The number of halogens is 1. The van der Waals surface area contributed by atoms with Crippen LogP contribution in [-0.4, -0.2) is 31.1 Å². The number of tetrazole rings is 1. The fourth-order valence-electron chi connectivity index (χ4n) is 1.91. The molecule has 2 aromatic heterocycles. The van der Waals surface area contributed by atoms with E-state index in [0.29, 0.717) is 22.5 Å². The molecule has 1 aromatic carbocycles. The minimum atomic E-state index is -0.641. The highest BCUT2D eigenvalue weighted by Gasteiger charge is 2.13. The Balaban J connectivity index is 1.63. The van der Waals surface area contributed by atoms with Crippen molar-refractivity contribution in [3.05, 3.63) is 59.0 Å². The van der Waals surface area contributed by atoms with E-state index in [1.807, 2.05) is 24.3 Å². The lowest BCUT2D eigenvalue weighted by Gasteiger charge is -2.10. The first kappa shape index (κ1) is 15.1. The van der Waals surface area contributed by atoms with Crippen molar-refractivity contribution in [2.45, 2.75) is 17.8 Å². The van der Waals surface area contributed by atoms with Gasteiger partial charge in [0.2, 0.25) is 5.16 Å². The highest BCUT2D eigenvalue weighted by atomic mass is 35.5. The van der Waals surface area contributed by atoms with Crippen LogP contribution in [-0.2, 0) is 6.54 Å². The molecule has 114 valence electrons. The lowest BCUT2D eigenvalue weighted by molar-refractivity contribution is 0.204. The molecule has 3 aromatic rings. The van der Waals surface area contributed by atoms with E-state index in [2.05, 4.69) is 15.5 Å². The van der Waals surface area contributed by atoms with Gasteiger partial charge in [-0.15, -0.1) is 5.10 Å². The number of nitrogens with zero attached hydrogens (tertiary/aromatic N) is 4. The van der Waals surface area contributed by atoms with Gasteiger partial charge in [0.15, 0.2) is 0 Å². The van der Waals surface area contributed by atoms with E-state index in [4.69, 9.17) is 16.0 Å². The Kier molecular flexibility index (Phi) is 4.77. The third-order valence-corrected chi connectivity index (χ3v) is 4.26. The Morgan fingerprint density at radius 1 is 1.32 bits per heavy atom. The van der Waals surface area contributed by atoms with Gasteiger partial charge in [0.05, 0.1) is 12.4 Å². The van der Waals surface area contributed by atoms with Crippen molar-refractivity contribution < 1.29 is 9.52 Å². The van der Waals surface area contributed by atoms with E-state index in [9.17, 15) is 5.11 Å². The molecular weight excluding hydrogens is 324 g/mol. The standard InChI is InChI=1S/C14H13ClN4O2S/c15-11-4-1-3-10(7-11)13(20)9-22-14-16-17-18-19(14)8-12-5-2-6-21-12/h1-7,13,20H,8-9H2. The van der Waals surface area contributed by atoms with E-state index in [0.717, 1.165) is 11.3 Å². The summed E-state index contributed by atoms with van der Waals surface area (Å²) in [4.78, 5) is 0. The molecule has 6 nitrogen and oxygen atoms in total. The summed E-state index contributed by atoms with van der Waals surface area (Å²) in [5, 5.41) is 23.0. The van der Waals surface area contributed by atoms with E-state index in [-0.39, 0.29) is 0 Å². The van der Waals surface area contributed by atoms with Crippen molar-refractivity contribution in [3.63, 3.8) is 0 Å². The predicted molar refractivity (Wildman–Crippen MR) is 82.8 cm³/mol. The molecular formula is C14H13ClN4O2S. The summed E-state index contributed by atoms with van der Waals surface area (Å²) < 4.78 is 6.91. The largest absolute Gasteiger partial charge is 0.467 e. The van der Waals surface area contributed by atoms with Crippen LogP contribution in [0.3, 0.4) is 0 Å². The van der Waals surface area contributed by atoms with Crippen molar-refractivity contribution in [1.29, 1.82) is 0 Å². The zero-order chi connectivity index (χ0) is 15.4. The average molecular weight is 337 g/mol. The minimum absolute atomic E-state index is 0.429. The molecule has 0 aliphatic carbocycles. The number of aliphatic hydroxyl groups is 1. The summed E-state index contributed by atoms with van der Waals surface area (Å²) in [6.45, 7) is 0.454. The molecule has 0 spiro atoms. The van der Waals surface area contributed by atoms with Gasteiger partial charge >= 0.3 is 0 Å². The van der Waals surface area contributed by atoms with Gasteiger partial charge in [-0.3, -0.25) is 0 Å². The summed E-state index contributed by atoms with van der Waals surface area (Å²) in [7, 11) is 0. The predicted octanol–water partition coefficient (Wildman–Crippen LogP) is 2.79. The number of aromatic nitrogens is 4. The first-order valence-electron chi connectivity index (χ1n) is 6.57. The van der Waals surface area contributed by atoms with Gasteiger partial charge in [-0.05, 0) is 40.3 Å². The van der Waals surface area contributed by atoms with Crippen LogP contribution in [0, 0.1) is 0 Å². The van der Waals surface area contributed by atoms with Crippen LogP contribution in [0.15, 0.2) is 52.2 Å². The zero-order valence-electron chi connectivity index (χ0n) is 11.5. The number of hydrogen-bond acceptors (Lipinski definition) is 6. The van der Waals surface area contributed by atoms with E-state index in [1.165, 1.54) is 11.8 Å². The molecule has 1 N–H and O–H groups in total. The molecule has 0 amide bonds. The van der Waals surface area contributed by atoms with Gasteiger partial charge in [-0.1, -0.05) is 35.5 Å². The van der Waals surface area contributed by atoms with Gasteiger partial charge in [0.1, 0.15) is 12.3 Å². The fourth-order valence-corrected chi connectivity index (χ4v) is 2.96. The Bertz CT molecular complexity index is 732. The van der Waals surface area contributed by atoms with E-state index >= 15 is 0 Å². The number of furan rings is 1. The monoisotopic (exact) mass is 336 g/mol. The Labute approximate surface area is 136 Å². The lowest BCUT2D eigenvalue weighted by atomic mass is 10.1. The maximum atomic E-state index is 10.2. The van der Waals surface area contributed by atoms with Gasteiger partial charge in [-0.2, -0.15) is 0 Å². The van der Waals surface area contributed by atoms with Crippen molar-refractivity contribution in [2.75, 3.05) is 5.75 Å². The number of thioether (sulfide) groups is 1. The quantitative estimate of drug-likeness (QED) is 0.697. The third-order valence-electron chi connectivity index (χ3n) is 2.99. The van der Waals surface area contributed by atoms with Crippen molar-refractivity contribution >= 4 is 23.4 Å². The Hall–Kier alpha value is -1.83. The fraction of sp³-hybridized carbons (Fsp3) is 0.214. The number of rotatable bonds is 6. The molecule has 0 aliphatic heterocycles.